The Morgan fingerprint density at radius 3 is 2.40 bits per heavy atom. The van der Waals surface area contributed by atoms with Crippen molar-refractivity contribution >= 4 is 0 Å². The van der Waals surface area contributed by atoms with E-state index in [2.05, 4.69) is 16.5 Å². The molecule has 1 heterocycles. The number of methoxy groups -OCH3 is 2. The van der Waals surface area contributed by atoms with Gasteiger partial charge in [0.1, 0.15) is 23.1 Å². The molecule has 0 saturated heterocycles. The van der Waals surface area contributed by atoms with Crippen LogP contribution in [-0.2, 0) is 0 Å². The molecular weight excluding hydrogens is 316 g/mol. The molecule has 1 N–H and O–H groups in total. The minimum absolute atomic E-state index is 0.0604. The zero-order valence-electron chi connectivity index (χ0n) is 14.9. The molecule has 1 aromatic heterocycles. The summed E-state index contributed by atoms with van der Waals surface area (Å²) in [5.74, 6) is 2.62. The first-order chi connectivity index (χ1) is 12.1. The Labute approximate surface area is 147 Å². The molecule has 25 heavy (non-hydrogen) atoms. The highest BCUT2D eigenvalue weighted by Gasteiger charge is 2.19. The van der Waals surface area contributed by atoms with Crippen LogP contribution in [0.2, 0.25) is 0 Å². The van der Waals surface area contributed by atoms with E-state index in [0.29, 0.717) is 0 Å². The normalized spacial score (nSPS) is 12.0. The monoisotopic (exact) mass is 338 g/mol. The topological polar surface area (TPSA) is 56.5 Å². The lowest BCUT2D eigenvalue weighted by atomic mass is 10.1. The van der Waals surface area contributed by atoms with Gasteiger partial charge in [0.25, 0.3) is 0 Å². The Bertz CT molecular complexity index is 869. The number of ether oxygens (including phenoxy) is 2. The number of rotatable bonds is 5. The lowest BCUT2D eigenvalue weighted by molar-refractivity contribution is 0.389. The van der Waals surface area contributed by atoms with Gasteiger partial charge in [0.05, 0.1) is 25.8 Å². The molecule has 0 spiro atoms. The van der Waals surface area contributed by atoms with Gasteiger partial charge in [-0.3, -0.25) is 0 Å². The average Bonchev–Trinajstić information content (AvgIpc) is 3.11. The van der Waals surface area contributed by atoms with Crippen molar-refractivity contribution in [3.8, 4) is 28.6 Å². The van der Waals surface area contributed by atoms with Crippen molar-refractivity contribution in [2.45, 2.75) is 19.9 Å². The van der Waals surface area contributed by atoms with Crippen LogP contribution in [0.25, 0.3) is 11.4 Å². The van der Waals surface area contributed by atoms with E-state index in [1.54, 1.807) is 32.5 Å². The minimum Gasteiger partial charge on any atom is -0.508 e. The number of imidazole rings is 1. The summed E-state index contributed by atoms with van der Waals surface area (Å²) in [5, 5.41) is 9.50. The molecule has 0 fully saturated rings. The second kappa shape index (κ2) is 6.89. The predicted octanol–water partition coefficient (Wildman–Crippen LogP) is 4.19. The van der Waals surface area contributed by atoms with E-state index in [1.165, 1.54) is 0 Å². The molecule has 0 amide bonds. The molecule has 3 aromatic rings. The molecule has 0 radical (unpaired) electrons. The van der Waals surface area contributed by atoms with Crippen molar-refractivity contribution < 1.29 is 14.6 Å². The number of benzene rings is 2. The standard InChI is InChI=1S/C20H22N2O3/c1-13-18(24-3)10-9-17(19(13)25-4)20-21-11-12-22(20)14(2)15-5-7-16(23)8-6-15/h5-12,14,23H,1-4H3. The Morgan fingerprint density at radius 2 is 1.76 bits per heavy atom. The first-order valence-electron chi connectivity index (χ1n) is 8.10. The molecule has 130 valence electrons. The summed E-state index contributed by atoms with van der Waals surface area (Å²) in [6, 6.07) is 11.2. The number of phenolic OH excluding ortho intramolecular Hbond substituents is 1. The van der Waals surface area contributed by atoms with Gasteiger partial charge in [0, 0.05) is 18.0 Å². The Hall–Kier alpha value is -2.95. The average molecular weight is 338 g/mol. The molecular formula is C20H22N2O3. The number of hydrogen-bond acceptors (Lipinski definition) is 4. The maximum Gasteiger partial charge on any atom is 0.144 e. The zero-order chi connectivity index (χ0) is 18.0. The SMILES string of the molecule is COc1ccc(-c2nccn2C(C)c2ccc(O)cc2)c(OC)c1C. The smallest absolute Gasteiger partial charge is 0.144 e. The maximum atomic E-state index is 9.50. The molecule has 0 bridgehead atoms. The van der Waals surface area contributed by atoms with E-state index < -0.39 is 0 Å². The van der Waals surface area contributed by atoms with E-state index in [4.69, 9.17) is 9.47 Å². The van der Waals surface area contributed by atoms with E-state index in [9.17, 15) is 5.11 Å². The van der Waals surface area contributed by atoms with Gasteiger partial charge in [-0.1, -0.05) is 12.1 Å². The van der Waals surface area contributed by atoms with Crippen LogP contribution in [-0.4, -0.2) is 28.9 Å². The fraction of sp³-hybridized carbons (Fsp3) is 0.250. The third-order valence-electron chi connectivity index (χ3n) is 4.48. The van der Waals surface area contributed by atoms with E-state index in [0.717, 1.165) is 34.0 Å². The Balaban J connectivity index is 2.08. The summed E-state index contributed by atoms with van der Waals surface area (Å²) in [7, 11) is 3.30. The van der Waals surface area contributed by atoms with Crippen molar-refractivity contribution in [3.63, 3.8) is 0 Å². The van der Waals surface area contributed by atoms with Gasteiger partial charge in [-0.2, -0.15) is 0 Å². The lowest BCUT2D eigenvalue weighted by Crippen LogP contribution is -2.08. The molecule has 1 unspecified atom stereocenters. The highest BCUT2D eigenvalue weighted by atomic mass is 16.5. The van der Waals surface area contributed by atoms with Crippen LogP contribution < -0.4 is 9.47 Å². The van der Waals surface area contributed by atoms with E-state index in [-0.39, 0.29) is 11.8 Å². The van der Waals surface area contributed by atoms with Crippen LogP contribution in [0.15, 0.2) is 48.8 Å². The quantitative estimate of drug-likeness (QED) is 0.758. The van der Waals surface area contributed by atoms with Crippen molar-refractivity contribution in [2.24, 2.45) is 0 Å². The van der Waals surface area contributed by atoms with Crippen molar-refractivity contribution in [1.82, 2.24) is 9.55 Å². The molecule has 0 aliphatic carbocycles. The number of aromatic hydroxyl groups is 1. The fourth-order valence-electron chi connectivity index (χ4n) is 3.08. The Kier molecular flexibility index (Phi) is 4.65. The summed E-state index contributed by atoms with van der Waals surface area (Å²) in [6.45, 7) is 4.07. The van der Waals surface area contributed by atoms with Gasteiger partial charge in [-0.05, 0) is 43.7 Å². The molecule has 5 nitrogen and oxygen atoms in total. The van der Waals surface area contributed by atoms with Gasteiger partial charge >= 0.3 is 0 Å². The largest absolute Gasteiger partial charge is 0.508 e. The highest BCUT2D eigenvalue weighted by molar-refractivity contribution is 5.69. The van der Waals surface area contributed by atoms with Crippen molar-refractivity contribution in [2.75, 3.05) is 14.2 Å². The lowest BCUT2D eigenvalue weighted by Gasteiger charge is -2.19. The van der Waals surface area contributed by atoms with Gasteiger partial charge in [-0.25, -0.2) is 4.98 Å². The van der Waals surface area contributed by atoms with Crippen LogP contribution >= 0.6 is 0 Å². The molecule has 5 heteroatoms. The van der Waals surface area contributed by atoms with E-state index in [1.807, 2.05) is 37.4 Å². The molecule has 0 aliphatic rings. The summed E-state index contributed by atoms with van der Waals surface area (Å²) >= 11 is 0. The molecule has 2 aromatic carbocycles. The van der Waals surface area contributed by atoms with Crippen LogP contribution in [0.3, 0.4) is 0 Å². The maximum absolute atomic E-state index is 9.50. The van der Waals surface area contributed by atoms with Gasteiger partial charge in [0.2, 0.25) is 0 Å². The number of aromatic nitrogens is 2. The molecule has 1 atom stereocenters. The minimum atomic E-state index is 0.0604. The van der Waals surface area contributed by atoms with E-state index >= 15 is 0 Å². The summed E-state index contributed by atoms with van der Waals surface area (Å²) in [4.78, 5) is 4.55. The summed E-state index contributed by atoms with van der Waals surface area (Å²) in [5.41, 5.74) is 2.94. The first-order valence-corrected chi connectivity index (χ1v) is 8.10. The molecule has 0 saturated carbocycles. The fourth-order valence-corrected chi connectivity index (χ4v) is 3.08. The van der Waals surface area contributed by atoms with Crippen molar-refractivity contribution in [1.29, 1.82) is 0 Å². The zero-order valence-corrected chi connectivity index (χ0v) is 14.9. The first kappa shape index (κ1) is 16.9. The van der Waals surface area contributed by atoms with Crippen LogP contribution in [0, 0.1) is 6.92 Å². The Morgan fingerprint density at radius 1 is 1.04 bits per heavy atom. The third-order valence-corrected chi connectivity index (χ3v) is 4.48. The van der Waals surface area contributed by atoms with Gasteiger partial charge in [0.15, 0.2) is 0 Å². The second-order valence-corrected chi connectivity index (χ2v) is 5.90. The number of hydrogen-bond donors (Lipinski definition) is 1. The van der Waals surface area contributed by atoms with Crippen LogP contribution in [0.4, 0.5) is 0 Å². The summed E-state index contributed by atoms with van der Waals surface area (Å²) < 4.78 is 13.1. The van der Waals surface area contributed by atoms with Gasteiger partial charge < -0.3 is 19.1 Å². The van der Waals surface area contributed by atoms with Gasteiger partial charge in [-0.15, -0.1) is 0 Å². The van der Waals surface area contributed by atoms with Crippen LogP contribution in [0.1, 0.15) is 24.1 Å². The number of nitrogens with zero attached hydrogens (tertiary/aromatic N) is 2. The van der Waals surface area contributed by atoms with Crippen molar-refractivity contribution in [3.05, 3.63) is 59.9 Å². The second-order valence-electron chi connectivity index (χ2n) is 5.90. The molecule has 0 aliphatic heterocycles. The van der Waals surface area contributed by atoms with Crippen LogP contribution in [0.5, 0.6) is 17.2 Å². The number of phenols is 1. The third kappa shape index (κ3) is 3.05. The summed E-state index contributed by atoms with van der Waals surface area (Å²) in [6.07, 6.45) is 3.73. The highest BCUT2D eigenvalue weighted by Crippen LogP contribution is 2.38. The molecule has 3 rings (SSSR count). The predicted molar refractivity (Wildman–Crippen MR) is 97.4 cm³/mol.